The number of likely N-dealkylation sites (tertiary alicyclic amines) is 1. The molecule has 3 rings (SSSR count). The van der Waals surface area contributed by atoms with Crippen LogP contribution < -0.4 is 0 Å². The van der Waals surface area contributed by atoms with Crippen LogP contribution in [0.25, 0.3) is 0 Å². The normalized spacial score (nSPS) is 26.8. The van der Waals surface area contributed by atoms with Crippen LogP contribution in [-0.4, -0.2) is 24.5 Å². The van der Waals surface area contributed by atoms with E-state index in [1.54, 1.807) is 11.1 Å². The van der Waals surface area contributed by atoms with Crippen LogP contribution >= 0.6 is 12.4 Å². The predicted octanol–water partition coefficient (Wildman–Crippen LogP) is 3.57. The molecule has 1 fully saturated rings. The molecule has 0 radical (unpaired) electrons. The van der Waals surface area contributed by atoms with E-state index in [1.807, 2.05) is 6.08 Å². The van der Waals surface area contributed by atoms with Crippen LogP contribution in [0.1, 0.15) is 35.8 Å². The van der Waals surface area contributed by atoms with Gasteiger partial charge in [0, 0.05) is 13.1 Å². The largest absolute Gasteiger partial charge is 0.299 e. The smallest absolute Gasteiger partial charge is 0.0160 e. The van der Waals surface area contributed by atoms with Crippen molar-refractivity contribution >= 4 is 12.4 Å². The highest BCUT2D eigenvalue weighted by molar-refractivity contribution is 5.85. The van der Waals surface area contributed by atoms with Gasteiger partial charge in [0.1, 0.15) is 0 Å². The van der Waals surface area contributed by atoms with Gasteiger partial charge in [-0.3, -0.25) is 4.90 Å². The number of hydrogen-bond acceptors (Lipinski definition) is 1. The third kappa shape index (κ3) is 2.27. The average molecular weight is 250 g/mol. The van der Waals surface area contributed by atoms with Crippen LogP contribution in [0.4, 0.5) is 0 Å². The molecule has 1 aliphatic carbocycles. The maximum Gasteiger partial charge on any atom is 0.0160 e. The fraction of sp³-hybridized carbons (Fsp3) is 0.467. The van der Waals surface area contributed by atoms with Gasteiger partial charge in [-0.1, -0.05) is 30.3 Å². The second-order valence-corrected chi connectivity index (χ2v) is 5.10. The Labute approximate surface area is 110 Å². The van der Waals surface area contributed by atoms with Crippen molar-refractivity contribution in [1.82, 2.24) is 4.90 Å². The molecule has 2 unspecified atom stereocenters. The molecule has 1 aromatic carbocycles. The Bertz CT molecular complexity index is 402. The van der Waals surface area contributed by atoms with Gasteiger partial charge in [-0.15, -0.1) is 19.0 Å². The molecule has 2 atom stereocenters. The molecule has 0 saturated carbocycles. The fourth-order valence-corrected chi connectivity index (χ4v) is 3.39. The third-order valence-electron chi connectivity index (χ3n) is 4.10. The van der Waals surface area contributed by atoms with E-state index < -0.39 is 0 Å². The van der Waals surface area contributed by atoms with Crippen LogP contribution in [0.5, 0.6) is 0 Å². The molecule has 1 saturated heterocycles. The van der Waals surface area contributed by atoms with Gasteiger partial charge in [0.05, 0.1) is 0 Å². The number of fused-ring (bicyclic) bond motifs is 5. The van der Waals surface area contributed by atoms with E-state index in [0.717, 1.165) is 18.4 Å². The number of halogens is 1. The van der Waals surface area contributed by atoms with Gasteiger partial charge in [-0.05, 0) is 42.3 Å². The number of benzene rings is 1. The molecule has 0 spiro atoms. The number of hydrogen-bond donors (Lipinski definition) is 0. The van der Waals surface area contributed by atoms with Crippen LogP contribution in [-0.2, 0) is 0 Å². The minimum Gasteiger partial charge on any atom is -0.299 e. The first-order valence-corrected chi connectivity index (χ1v) is 6.30. The standard InChI is InChI=1S/C15H19N.ClH/c1-2-8-16-9-7-12-10-13(11-16)15-6-4-3-5-14(12)15;/h2-6,12-13H,1,7-11H2;1H. The SMILES string of the molecule is C=CCN1CCC2CC(C1)c1ccccc12.Cl. The molecular formula is C15H20ClN. The Kier molecular flexibility index (Phi) is 3.90. The van der Waals surface area contributed by atoms with Gasteiger partial charge in [0.2, 0.25) is 0 Å². The van der Waals surface area contributed by atoms with Gasteiger partial charge in [-0.2, -0.15) is 0 Å². The van der Waals surface area contributed by atoms with Gasteiger partial charge in [0.15, 0.2) is 0 Å². The summed E-state index contributed by atoms with van der Waals surface area (Å²) in [6, 6.07) is 9.05. The maximum atomic E-state index is 3.85. The maximum absolute atomic E-state index is 3.85. The van der Waals surface area contributed by atoms with Gasteiger partial charge in [-0.25, -0.2) is 0 Å². The molecule has 17 heavy (non-hydrogen) atoms. The zero-order chi connectivity index (χ0) is 11.0. The zero-order valence-electron chi connectivity index (χ0n) is 10.1. The van der Waals surface area contributed by atoms with E-state index in [-0.39, 0.29) is 12.4 Å². The highest BCUT2D eigenvalue weighted by atomic mass is 35.5. The van der Waals surface area contributed by atoms with Crippen molar-refractivity contribution in [3.05, 3.63) is 48.0 Å². The summed E-state index contributed by atoms with van der Waals surface area (Å²) in [5.74, 6) is 1.58. The topological polar surface area (TPSA) is 3.24 Å². The first kappa shape index (κ1) is 12.7. The second-order valence-electron chi connectivity index (χ2n) is 5.10. The molecule has 1 aromatic rings. The van der Waals surface area contributed by atoms with E-state index in [2.05, 4.69) is 35.7 Å². The lowest BCUT2D eigenvalue weighted by Crippen LogP contribution is -2.28. The Morgan fingerprint density at radius 1 is 1.24 bits per heavy atom. The van der Waals surface area contributed by atoms with Crippen LogP contribution in [0.3, 0.4) is 0 Å². The second kappa shape index (κ2) is 5.24. The predicted molar refractivity (Wildman–Crippen MR) is 75.0 cm³/mol. The molecule has 1 nitrogen and oxygen atoms in total. The summed E-state index contributed by atoms with van der Waals surface area (Å²) in [4.78, 5) is 2.55. The molecule has 2 aliphatic rings. The minimum absolute atomic E-state index is 0. The lowest BCUT2D eigenvalue weighted by molar-refractivity contribution is 0.298. The molecule has 92 valence electrons. The fourth-order valence-electron chi connectivity index (χ4n) is 3.39. The summed E-state index contributed by atoms with van der Waals surface area (Å²) >= 11 is 0. The summed E-state index contributed by atoms with van der Waals surface area (Å²) in [5.41, 5.74) is 3.24. The van der Waals surface area contributed by atoms with Gasteiger partial charge >= 0.3 is 0 Å². The Morgan fingerprint density at radius 3 is 2.65 bits per heavy atom. The average Bonchev–Trinajstić information content (AvgIpc) is 2.51. The molecule has 0 amide bonds. The quantitative estimate of drug-likeness (QED) is 0.725. The Morgan fingerprint density at radius 2 is 1.94 bits per heavy atom. The van der Waals surface area contributed by atoms with Crippen LogP contribution in [0.2, 0.25) is 0 Å². The van der Waals surface area contributed by atoms with E-state index in [1.165, 1.54) is 25.9 Å². The highest BCUT2D eigenvalue weighted by Crippen LogP contribution is 2.45. The zero-order valence-corrected chi connectivity index (χ0v) is 11.0. The monoisotopic (exact) mass is 249 g/mol. The summed E-state index contributed by atoms with van der Waals surface area (Å²) in [7, 11) is 0. The van der Waals surface area contributed by atoms with E-state index in [4.69, 9.17) is 0 Å². The number of rotatable bonds is 2. The third-order valence-corrected chi connectivity index (χ3v) is 4.10. The van der Waals surface area contributed by atoms with Gasteiger partial charge < -0.3 is 0 Å². The lowest BCUT2D eigenvalue weighted by atomic mass is 9.98. The summed E-state index contributed by atoms with van der Waals surface area (Å²) in [6.45, 7) is 7.36. The first-order chi connectivity index (χ1) is 7.88. The number of nitrogens with zero attached hydrogens (tertiary/aromatic N) is 1. The summed E-state index contributed by atoms with van der Waals surface area (Å²) < 4.78 is 0. The molecule has 1 aliphatic heterocycles. The molecule has 2 bridgehead atoms. The van der Waals surface area contributed by atoms with Crippen molar-refractivity contribution < 1.29 is 0 Å². The van der Waals surface area contributed by atoms with Crippen molar-refractivity contribution in [1.29, 1.82) is 0 Å². The molecule has 1 heterocycles. The van der Waals surface area contributed by atoms with E-state index >= 15 is 0 Å². The summed E-state index contributed by atoms with van der Waals surface area (Å²) in [5, 5.41) is 0. The van der Waals surface area contributed by atoms with Crippen molar-refractivity contribution in [3.63, 3.8) is 0 Å². The van der Waals surface area contributed by atoms with Crippen molar-refractivity contribution in [2.75, 3.05) is 19.6 Å². The minimum atomic E-state index is 0. The molecule has 0 N–H and O–H groups in total. The Hall–Kier alpha value is -0.790. The summed E-state index contributed by atoms with van der Waals surface area (Å²) in [6.07, 6.45) is 4.72. The van der Waals surface area contributed by atoms with Crippen LogP contribution in [0, 0.1) is 0 Å². The van der Waals surface area contributed by atoms with E-state index in [0.29, 0.717) is 0 Å². The van der Waals surface area contributed by atoms with Crippen molar-refractivity contribution in [3.8, 4) is 0 Å². The van der Waals surface area contributed by atoms with Gasteiger partial charge in [0.25, 0.3) is 0 Å². The highest BCUT2D eigenvalue weighted by Gasteiger charge is 2.34. The lowest BCUT2D eigenvalue weighted by Gasteiger charge is -2.24. The molecule has 0 aromatic heterocycles. The first-order valence-electron chi connectivity index (χ1n) is 6.30. The molecular weight excluding hydrogens is 230 g/mol. The van der Waals surface area contributed by atoms with Crippen molar-refractivity contribution in [2.45, 2.75) is 24.7 Å². The molecule has 2 heteroatoms. The Balaban J connectivity index is 0.00000108. The van der Waals surface area contributed by atoms with Crippen LogP contribution in [0.15, 0.2) is 36.9 Å². The van der Waals surface area contributed by atoms with Crippen molar-refractivity contribution in [2.24, 2.45) is 0 Å². The van der Waals surface area contributed by atoms with E-state index in [9.17, 15) is 0 Å².